The van der Waals surface area contributed by atoms with Gasteiger partial charge in [-0.2, -0.15) is 0 Å². The van der Waals surface area contributed by atoms with Gasteiger partial charge in [0.25, 0.3) is 0 Å². The zero-order valence-electron chi connectivity index (χ0n) is 12.0. The van der Waals surface area contributed by atoms with Gasteiger partial charge in [-0.25, -0.2) is 0 Å². The zero-order valence-corrected chi connectivity index (χ0v) is 12.0. The second-order valence-electron chi connectivity index (χ2n) is 6.25. The molecule has 0 aromatic carbocycles. The van der Waals surface area contributed by atoms with Crippen molar-refractivity contribution >= 4 is 5.91 Å². The first kappa shape index (κ1) is 13.7. The van der Waals surface area contributed by atoms with Crippen molar-refractivity contribution < 1.29 is 9.21 Å². The summed E-state index contributed by atoms with van der Waals surface area (Å²) in [7, 11) is 0. The summed E-state index contributed by atoms with van der Waals surface area (Å²) in [6.07, 6.45) is 9.18. The van der Waals surface area contributed by atoms with Crippen molar-refractivity contribution in [3.63, 3.8) is 0 Å². The fourth-order valence-corrected chi connectivity index (χ4v) is 3.65. The summed E-state index contributed by atoms with van der Waals surface area (Å²) in [6, 6.07) is 4.44. The van der Waals surface area contributed by atoms with Crippen molar-refractivity contribution in [3.05, 3.63) is 24.2 Å². The summed E-state index contributed by atoms with van der Waals surface area (Å²) in [5.74, 6) is 1.30. The standard InChI is InChI=1S/C16H24N2O2/c17-13-8-7-12(10-13)16(19)18(14-4-1-2-5-14)11-15-6-3-9-20-15/h3,6,9,12-14H,1-2,4-5,7-8,10-11,17H2. The number of amides is 1. The maximum absolute atomic E-state index is 12.8. The highest BCUT2D eigenvalue weighted by molar-refractivity contribution is 5.79. The van der Waals surface area contributed by atoms with Gasteiger partial charge in [-0.05, 0) is 44.2 Å². The molecule has 0 radical (unpaired) electrons. The van der Waals surface area contributed by atoms with Gasteiger partial charge >= 0.3 is 0 Å². The second kappa shape index (κ2) is 6.00. The van der Waals surface area contributed by atoms with Crippen LogP contribution in [0.3, 0.4) is 0 Å². The highest BCUT2D eigenvalue weighted by Crippen LogP contribution is 2.31. The quantitative estimate of drug-likeness (QED) is 0.919. The van der Waals surface area contributed by atoms with Gasteiger partial charge < -0.3 is 15.1 Å². The Hall–Kier alpha value is -1.29. The van der Waals surface area contributed by atoms with E-state index >= 15 is 0 Å². The Bertz CT molecular complexity index is 437. The number of nitrogens with two attached hydrogens (primary N) is 1. The molecule has 2 saturated carbocycles. The smallest absolute Gasteiger partial charge is 0.226 e. The summed E-state index contributed by atoms with van der Waals surface area (Å²) in [4.78, 5) is 14.9. The van der Waals surface area contributed by atoms with E-state index in [1.54, 1.807) is 6.26 Å². The van der Waals surface area contributed by atoms with E-state index in [0.717, 1.165) is 37.9 Å². The Morgan fingerprint density at radius 3 is 2.70 bits per heavy atom. The van der Waals surface area contributed by atoms with Gasteiger partial charge in [0.1, 0.15) is 5.76 Å². The molecule has 2 fully saturated rings. The largest absolute Gasteiger partial charge is 0.467 e. The number of carbonyl (C=O) groups excluding carboxylic acids is 1. The van der Waals surface area contributed by atoms with Gasteiger partial charge in [-0.15, -0.1) is 0 Å². The van der Waals surface area contributed by atoms with E-state index in [4.69, 9.17) is 10.2 Å². The lowest BCUT2D eigenvalue weighted by molar-refractivity contribution is -0.138. The Morgan fingerprint density at radius 1 is 1.30 bits per heavy atom. The number of furan rings is 1. The minimum atomic E-state index is 0.126. The van der Waals surface area contributed by atoms with Crippen molar-refractivity contribution in [2.45, 2.75) is 63.6 Å². The molecular formula is C16H24N2O2. The molecule has 2 unspecified atom stereocenters. The normalized spacial score (nSPS) is 27.1. The lowest BCUT2D eigenvalue weighted by Crippen LogP contribution is -2.41. The van der Waals surface area contributed by atoms with Crippen molar-refractivity contribution in [1.82, 2.24) is 4.90 Å². The van der Waals surface area contributed by atoms with E-state index < -0.39 is 0 Å². The van der Waals surface area contributed by atoms with Crippen LogP contribution in [0, 0.1) is 5.92 Å². The molecule has 4 nitrogen and oxygen atoms in total. The molecule has 0 spiro atoms. The summed E-state index contributed by atoms with van der Waals surface area (Å²) in [5, 5.41) is 0. The summed E-state index contributed by atoms with van der Waals surface area (Å²) in [6.45, 7) is 0.613. The van der Waals surface area contributed by atoms with Crippen LogP contribution in [-0.4, -0.2) is 22.9 Å². The number of rotatable bonds is 4. The first-order chi connectivity index (χ1) is 9.74. The summed E-state index contributed by atoms with van der Waals surface area (Å²) >= 11 is 0. The van der Waals surface area contributed by atoms with Gasteiger partial charge in [-0.1, -0.05) is 12.8 Å². The molecule has 2 aliphatic rings. The van der Waals surface area contributed by atoms with Crippen LogP contribution in [0.1, 0.15) is 50.7 Å². The van der Waals surface area contributed by atoms with E-state index in [9.17, 15) is 4.79 Å². The topological polar surface area (TPSA) is 59.5 Å². The Morgan fingerprint density at radius 2 is 2.10 bits per heavy atom. The third-order valence-electron chi connectivity index (χ3n) is 4.78. The maximum Gasteiger partial charge on any atom is 0.226 e. The first-order valence-electron chi connectivity index (χ1n) is 7.82. The third-order valence-corrected chi connectivity index (χ3v) is 4.78. The Balaban J connectivity index is 1.72. The van der Waals surface area contributed by atoms with Crippen LogP contribution in [0.2, 0.25) is 0 Å². The predicted molar refractivity (Wildman–Crippen MR) is 76.8 cm³/mol. The Kier molecular flexibility index (Phi) is 4.10. The molecule has 1 aromatic rings. The molecule has 2 aliphatic carbocycles. The predicted octanol–water partition coefficient (Wildman–Crippen LogP) is 2.68. The highest BCUT2D eigenvalue weighted by atomic mass is 16.3. The Labute approximate surface area is 120 Å². The van der Waals surface area contributed by atoms with Gasteiger partial charge in [0.05, 0.1) is 12.8 Å². The molecule has 110 valence electrons. The number of hydrogen-bond donors (Lipinski definition) is 1. The van der Waals surface area contributed by atoms with E-state index in [2.05, 4.69) is 4.90 Å². The molecule has 1 aromatic heterocycles. The molecule has 2 N–H and O–H groups in total. The molecule has 20 heavy (non-hydrogen) atoms. The van der Waals surface area contributed by atoms with Gasteiger partial charge in [0, 0.05) is 18.0 Å². The molecule has 0 bridgehead atoms. The average Bonchev–Trinajstić information content (AvgIpc) is 3.17. The molecule has 1 amide bonds. The van der Waals surface area contributed by atoms with Gasteiger partial charge in [0.15, 0.2) is 0 Å². The molecule has 1 heterocycles. The van der Waals surface area contributed by atoms with Crippen LogP contribution in [0.5, 0.6) is 0 Å². The maximum atomic E-state index is 12.8. The van der Waals surface area contributed by atoms with Gasteiger partial charge in [-0.3, -0.25) is 4.79 Å². The zero-order chi connectivity index (χ0) is 13.9. The van der Waals surface area contributed by atoms with Crippen LogP contribution in [0.25, 0.3) is 0 Å². The summed E-state index contributed by atoms with van der Waals surface area (Å²) < 4.78 is 5.44. The fraction of sp³-hybridized carbons (Fsp3) is 0.688. The minimum absolute atomic E-state index is 0.126. The lowest BCUT2D eigenvalue weighted by Gasteiger charge is -2.30. The average molecular weight is 276 g/mol. The van der Waals surface area contributed by atoms with Gasteiger partial charge in [0.2, 0.25) is 5.91 Å². The second-order valence-corrected chi connectivity index (χ2v) is 6.25. The van der Waals surface area contributed by atoms with Crippen LogP contribution < -0.4 is 5.73 Å². The molecule has 0 saturated heterocycles. The van der Waals surface area contributed by atoms with Crippen molar-refractivity contribution in [2.24, 2.45) is 11.7 Å². The lowest BCUT2D eigenvalue weighted by atomic mass is 10.0. The van der Waals surface area contributed by atoms with Crippen LogP contribution in [0.4, 0.5) is 0 Å². The number of carbonyl (C=O) groups is 1. The van der Waals surface area contributed by atoms with Crippen molar-refractivity contribution in [1.29, 1.82) is 0 Å². The van der Waals surface area contributed by atoms with Crippen molar-refractivity contribution in [3.8, 4) is 0 Å². The third kappa shape index (κ3) is 2.90. The first-order valence-corrected chi connectivity index (χ1v) is 7.82. The molecule has 0 aliphatic heterocycles. The van der Waals surface area contributed by atoms with E-state index in [-0.39, 0.29) is 12.0 Å². The molecule has 4 heteroatoms. The minimum Gasteiger partial charge on any atom is -0.467 e. The SMILES string of the molecule is NC1CCC(C(=O)N(Cc2ccco2)C2CCCC2)C1. The highest BCUT2D eigenvalue weighted by Gasteiger charge is 2.35. The number of nitrogens with zero attached hydrogens (tertiary/aromatic N) is 1. The summed E-state index contributed by atoms with van der Waals surface area (Å²) in [5.41, 5.74) is 5.96. The van der Waals surface area contributed by atoms with Crippen LogP contribution in [-0.2, 0) is 11.3 Å². The fourth-order valence-electron chi connectivity index (χ4n) is 3.65. The monoisotopic (exact) mass is 276 g/mol. The molecular weight excluding hydrogens is 252 g/mol. The number of hydrogen-bond acceptors (Lipinski definition) is 3. The van der Waals surface area contributed by atoms with Crippen LogP contribution in [0.15, 0.2) is 22.8 Å². The van der Waals surface area contributed by atoms with E-state index in [1.807, 2.05) is 12.1 Å². The van der Waals surface area contributed by atoms with Crippen LogP contribution >= 0.6 is 0 Å². The van der Waals surface area contributed by atoms with Crippen molar-refractivity contribution in [2.75, 3.05) is 0 Å². The van der Waals surface area contributed by atoms with E-state index in [1.165, 1.54) is 12.8 Å². The van der Waals surface area contributed by atoms with E-state index in [0.29, 0.717) is 18.5 Å². The molecule has 3 rings (SSSR count). The molecule has 2 atom stereocenters.